The fourth-order valence-corrected chi connectivity index (χ4v) is 3.69. The Bertz CT molecular complexity index is 640. The van der Waals surface area contributed by atoms with Crippen molar-refractivity contribution in [3.8, 4) is 12.1 Å². The van der Waals surface area contributed by atoms with E-state index in [0.29, 0.717) is 10.6 Å². The van der Waals surface area contributed by atoms with Crippen molar-refractivity contribution >= 4 is 11.6 Å². The molecule has 0 heterocycles. The Balaban J connectivity index is 2.74. The van der Waals surface area contributed by atoms with Gasteiger partial charge in [0.15, 0.2) is 0 Å². The van der Waals surface area contributed by atoms with E-state index in [0.717, 1.165) is 0 Å². The van der Waals surface area contributed by atoms with Crippen LogP contribution in [0.15, 0.2) is 24.3 Å². The summed E-state index contributed by atoms with van der Waals surface area (Å²) in [7, 11) is 5.52. The molecule has 122 valence electrons. The minimum atomic E-state index is -1.70. The fraction of sp³-hybridized carbons (Fsp3) is 0.500. The second kappa shape index (κ2) is 6.09. The molecule has 7 heteroatoms. The average Bonchev–Trinajstić information content (AvgIpc) is 2.58. The predicted octanol–water partition coefficient (Wildman–Crippen LogP) is 2.45. The zero-order valence-electron chi connectivity index (χ0n) is 13.3. The van der Waals surface area contributed by atoms with Gasteiger partial charge in [0.25, 0.3) is 5.79 Å². The quantitative estimate of drug-likeness (QED) is 0.768. The molecule has 23 heavy (non-hydrogen) atoms. The van der Waals surface area contributed by atoms with E-state index in [1.807, 2.05) is 12.1 Å². The Kier molecular flexibility index (Phi) is 4.68. The van der Waals surface area contributed by atoms with E-state index in [2.05, 4.69) is 0 Å². The Labute approximate surface area is 140 Å². The van der Waals surface area contributed by atoms with Gasteiger partial charge in [0.1, 0.15) is 0 Å². The summed E-state index contributed by atoms with van der Waals surface area (Å²) < 4.78 is 22.0. The number of hydrogen-bond donors (Lipinski definition) is 0. The number of ether oxygens (including phenoxy) is 4. The topological polar surface area (TPSA) is 84.5 Å². The summed E-state index contributed by atoms with van der Waals surface area (Å²) in [4.78, 5) is 0. The number of nitrogens with zero attached hydrogens (tertiary/aromatic N) is 2. The minimum absolute atomic E-state index is 0.540. The summed E-state index contributed by atoms with van der Waals surface area (Å²) in [5.74, 6) is -3.91. The first-order valence-corrected chi connectivity index (χ1v) is 7.15. The Hall–Kier alpha value is -1.67. The van der Waals surface area contributed by atoms with Crippen molar-refractivity contribution in [1.82, 2.24) is 0 Å². The lowest BCUT2D eigenvalue weighted by Crippen LogP contribution is -2.82. The zero-order valence-corrected chi connectivity index (χ0v) is 14.0. The van der Waals surface area contributed by atoms with Crippen LogP contribution in [0.2, 0.25) is 5.02 Å². The van der Waals surface area contributed by atoms with E-state index in [1.165, 1.54) is 28.4 Å². The summed E-state index contributed by atoms with van der Waals surface area (Å²) in [6, 6.07) is 10.9. The van der Waals surface area contributed by atoms with Crippen LogP contribution >= 0.6 is 11.6 Å². The predicted molar refractivity (Wildman–Crippen MR) is 81.4 cm³/mol. The van der Waals surface area contributed by atoms with E-state index in [4.69, 9.17) is 30.5 Å². The summed E-state index contributed by atoms with van der Waals surface area (Å²) in [6.07, 6.45) is 0. The lowest BCUT2D eigenvalue weighted by molar-refractivity contribution is -0.481. The summed E-state index contributed by atoms with van der Waals surface area (Å²) >= 11 is 5.92. The number of rotatable bonds is 5. The highest BCUT2D eigenvalue weighted by Gasteiger charge is 2.86. The van der Waals surface area contributed by atoms with Gasteiger partial charge in [-0.2, -0.15) is 10.5 Å². The molecule has 1 aromatic rings. The maximum absolute atomic E-state index is 9.77. The van der Waals surface area contributed by atoms with Crippen LogP contribution in [-0.4, -0.2) is 40.0 Å². The van der Waals surface area contributed by atoms with Crippen LogP contribution < -0.4 is 0 Å². The molecule has 0 amide bonds. The molecule has 6 nitrogen and oxygen atoms in total. The van der Waals surface area contributed by atoms with Crippen molar-refractivity contribution < 1.29 is 18.9 Å². The van der Waals surface area contributed by atoms with Gasteiger partial charge in [-0.05, 0) is 17.7 Å². The number of nitriles is 2. The lowest BCUT2D eigenvalue weighted by atomic mass is 9.49. The van der Waals surface area contributed by atoms with Gasteiger partial charge in [-0.1, -0.05) is 23.7 Å². The van der Waals surface area contributed by atoms with Gasteiger partial charge < -0.3 is 18.9 Å². The van der Waals surface area contributed by atoms with Crippen molar-refractivity contribution in [3.05, 3.63) is 34.9 Å². The highest BCUT2D eigenvalue weighted by atomic mass is 35.5. The molecule has 1 atom stereocenters. The van der Waals surface area contributed by atoms with Crippen LogP contribution in [0.3, 0.4) is 0 Å². The molecule has 0 aromatic heterocycles. The molecular weight excluding hydrogens is 320 g/mol. The van der Waals surface area contributed by atoms with Crippen LogP contribution in [-0.2, 0) is 18.9 Å². The van der Waals surface area contributed by atoms with Crippen molar-refractivity contribution in [1.29, 1.82) is 10.5 Å². The van der Waals surface area contributed by atoms with Gasteiger partial charge in [0.2, 0.25) is 11.2 Å². The SMILES string of the molecule is COC1(OC)C(c2ccc(Cl)cc2)C(C#N)(C#N)C1(OC)OC. The normalized spacial score (nSPS) is 23.3. The molecule has 0 N–H and O–H groups in total. The molecule has 1 fully saturated rings. The first-order chi connectivity index (χ1) is 11.0. The monoisotopic (exact) mass is 336 g/mol. The third kappa shape index (κ3) is 1.88. The molecule has 0 radical (unpaired) electrons. The molecule has 1 aliphatic rings. The van der Waals surface area contributed by atoms with Crippen LogP contribution in [0, 0.1) is 28.1 Å². The molecule has 2 rings (SSSR count). The highest BCUT2D eigenvalue weighted by molar-refractivity contribution is 6.30. The second-order valence-corrected chi connectivity index (χ2v) is 5.55. The second-order valence-electron chi connectivity index (χ2n) is 5.12. The van der Waals surface area contributed by atoms with Gasteiger partial charge in [0.05, 0.1) is 18.1 Å². The molecule has 0 bridgehead atoms. The third-order valence-corrected chi connectivity index (χ3v) is 4.78. The van der Waals surface area contributed by atoms with Gasteiger partial charge in [0, 0.05) is 33.5 Å². The molecule has 0 spiro atoms. The number of methoxy groups -OCH3 is 4. The van der Waals surface area contributed by atoms with E-state index in [-0.39, 0.29) is 0 Å². The molecule has 1 unspecified atom stereocenters. The first-order valence-electron chi connectivity index (χ1n) is 6.77. The largest absolute Gasteiger partial charge is 0.348 e. The van der Waals surface area contributed by atoms with Crippen LogP contribution in [0.25, 0.3) is 0 Å². The Morgan fingerprint density at radius 2 is 1.39 bits per heavy atom. The van der Waals surface area contributed by atoms with E-state index in [9.17, 15) is 10.5 Å². The Morgan fingerprint density at radius 1 is 0.913 bits per heavy atom. The smallest absolute Gasteiger partial charge is 0.257 e. The molecule has 1 aromatic carbocycles. The molecule has 1 saturated carbocycles. The maximum Gasteiger partial charge on any atom is 0.257 e. The van der Waals surface area contributed by atoms with E-state index < -0.39 is 22.9 Å². The van der Waals surface area contributed by atoms with Crippen molar-refractivity contribution in [2.45, 2.75) is 17.5 Å². The average molecular weight is 337 g/mol. The number of hydrogen-bond acceptors (Lipinski definition) is 6. The molecule has 1 aliphatic carbocycles. The first kappa shape index (κ1) is 17.7. The number of halogens is 1. The molecular formula is C16H17ClN2O4. The standard InChI is InChI=1S/C16H17ClN2O4/c1-20-15(21-2)13(11-5-7-12(17)8-6-11)14(9-18,10-19)16(15,22-3)23-4/h5-8,13H,1-4H3. The van der Waals surface area contributed by atoms with Crippen LogP contribution in [0.5, 0.6) is 0 Å². The third-order valence-electron chi connectivity index (χ3n) is 4.53. The van der Waals surface area contributed by atoms with Crippen molar-refractivity contribution in [2.24, 2.45) is 5.41 Å². The minimum Gasteiger partial charge on any atom is -0.348 e. The summed E-state index contributed by atoms with van der Waals surface area (Å²) in [5.41, 5.74) is -0.998. The van der Waals surface area contributed by atoms with Gasteiger partial charge in [-0.15, -0.1) is 0 Å². The maximum atomic E-state index is 9.77. The van der Waals surface area contributed by atoms with Gasteiger partial charge >= 0.3 is 0 Å². The van der Waals surface area contributed by atoms with Crippen molar-refractivity contribution in [2.75, 3.05) is 28.4 Å². The van der Waals surface area contributed by atoms with Gasteiger partial charge in [-0.25, -0.2) is 0 Å². The van der Waals surface area contributed by atoms with Crippen molar-refractivity contribution in [3.63, 3.8) is 0 Å². The summed E-state index contributed by atoms with van der Waals surface area (Å²) in [5, 5.41) is 20.1. The van der Waals surface area contributed by atoms with E-state index >= 15 is 0 Å². The molecule has 0 saturated heterocycles. The highest BCUT2D eigenvalue weighted by Crippen LogP contribution is 2.68. The Morgan fingerprint density at radius 3 is 1.74 bits per heavy atom. The zero-order chi connectivity index (χ0) is 17.3. The fourth-order valence-electron chi connectivity index (χ4n) is 3.57. The van der Waals surface area contributed by atoms with E-state index in [1.54, 1.807) is 24.3 Å². The van der Waals surface area contributed by atoms with Gasteiger partial charge in [-0.3, -0.25) is 0 Å². The molecule has 0 aliphatic heterocycles. The number of benzene rings is 1. The summed E-state index contributed by atoms with van der Waals surface area (Å²) in [6.45, 7) is 0. The lowest BCUT2D eigenvalue weighted by Gasteiger charge is -2.65. The van der Waals surface area contributed by atoms with Crippen LogP contribution in [0.4, 0.5) is 0 Å². The van der Waals surface area contributed by atoms with Crippen LogP contribution in [0.1, 0.15) is 11.5 Å².